The summed E-state index contributed by atoms with van der Waals surface area (Å²) in [5.74, 6) is 0.822. The minimum atomic E-state index is 0.116. The molecule has 0 saturated heterocycles. The minimum Gasteiger partial charge on any atom is -0.339 e. The Balaban J connectivity index is 2.15. The molecule has 1 unspecified atom stereocenters. The molecule has 3 heteroatoms. The maximum Gasteiger partial charge on any atom is 0.253 e. The summed E-state index contributed by atoms with van der Waals surface area (Å²) in [6.45, 7) is 4.16. The quantitative estimate of drug-likeness (QED) is 0.834. The van der Waals surface area contributed by atoms with Crippen LogP contribution in [0.25, 0.3) is 0 Å². The number of rotatable bonds is 3. The van der Waals surface area contributed by atoms with Crippen molar-refractivity contribution in [1.29, 1.82) is 0 Å². The highest BCUT2D eigenvalue weighted by atomic mass is 79.9. The molecular formula is C14H18BrNO. The third-order valence-electron chi connectivity index (χ3n) is 3.65. The van der Waals surface area contributed by atoms with E-state index >= 15 is 0 Å². The second-order valence-corrected chi connectivity index (χ2v) is 5.81. The van der Waals surface area contributed by atoms with Crippen molar-refractivity contribution in [2.24, 2.45) is 5.92 Å². The van der Waals surface area contributed by atoms with Gasteiger partial charge in [-0.15, -0.1) is 0 Å². The number of carbonyl (C=O) groups is 1. The number of aryl methyl sites for hydroxylation is 1. The van der Waals surface area contributed by atoms with Crippen molar-refractivity contribution < 1.29 is 4.79 Å². The van der Waals surface area contributed by atoms with E-state index in [1.807, 2.05) is 37.1 Å². The van der Waals surface area contributed by atoms with Crippen molar-refractivity contribution in [2.45, 2.75) is 32.7 Å². The zero-order valence-corrected chi connectivity index (χ0v) is 12.1. The highest BCUT2D eigenvalue weighted by Crippen LogP contribution is 2.35. The first kappa shape index (κ1) is 12.6. The molecule has 0 spiro atoms. The van der Waals surface area contributed by atoms with Crippen molar-refractivity contribution in [1.82, 2.24) is 4.90 Å². The van der Waals surface area contributed by atoms with E-state index in [0.717, 1.165) is 15.6 Å². The molecule has 1 aromatic carbocycles. The Bertz CT molecular complexity index is 440. The molecule has 1 atom stereocenters. The lowest BCUT2D eigenvalue weighted by Crippen LogP contribution is -2.36. The number of amides is 1. The van der Waals surface area contributed by atoms with Gasteiger partial charge in [-0.2, -0.15) is 0 Å². The Morgan fingerprint density at radius 2 is 2.12 bits per heavy atom. The second-order valence-electron chi connectivity index (χ2n) is 4.96. The Morgan fingerprint density at radius 3 is 2.65 bits per heavy atom. The molecule has 1 aromatic rings. The molecule has 0 heterocycles. The zero-order chi connectivity index (χ0) is 12.6. The third-order valence-corrected chi connectivity index (χ3v) is 4.51. The predicted octanol–water partition coefficient (Wildman–Crippen LogP) is 3.63. The SMILES string of the molecule is Cc1ccc(C(=O)N(C)C(C)C2CC2)cc1Br. The molecule has 1 amide bonds. The Labute approximate surface area is 111 Å². The van der Waals surface area contributed by atoms with E-state index in [0.29, 0.717) is 12.0 Å². The number of nitrogens with zero attached hydrogens (tertiary/aromatic N) is 1. The first-order chi connectivity index (χ1) is 8.00. The molecule has 0 aromatic heterocycles. The van der Waals surface area contributed by atoms with E-state index in [1.54, 1.807) is 0 Å². The topological polar surface area (TPSA) is 20.3 Å². The summed E-state index contributed by atoms with van der Waals surface area (Å²) in [4.78, 5) is 14.2. The molecule has 1 aliphatic rings. The van der Waals surface area contributed by atoms with Gasteiger partial charge in [0.2, 0.25) is 0 Å². The van der Waals surface area contributed by atoms with Crippen LogP contribution in [-0.4, -0.2) is 23.9 Å². The van der Waals surface area contributed by atoms with Gasteiger partial charge in [-0.1, -0.05) is 22.0 Å². The van der Waals surface area contributed by atoms with Crippen molar-refractivity contribution in [3.05, 3.63) is 33.8 Å². The smallest absolute Gasteiger partial charge is 0.253 e. The van der Waals surface area contributed by atoms with Crippen LogP contribution in [0.4, 0.5) is 0 Å². The van der Waals surface area contributed by atoms with E-state index < -0.39 is 0 Å². The fourth-order valence-corrected chi connectivity index (χ4v) is 2.39. The Morgan fingerprint density at radius 1 is 1.47 bits per heavy atom. The molecule has 2 nitrogen and oxygen atoms in total. The van der Waals surface area contributed by atoms with E-state index in [4.69, 9.17) is 0 Å². The highest BCUT2D eigenvalue weighted by Gasteiger charge is 2.32. The largest absolute Gasteiger partial charge is 0.339 e. The number of benzene rings is 1. The number of carbonyl (C=O) groups excluding carboxylic acids is 1. The average Bonchev–Trinajstić information content (AvgIpc) is 3.14. The second kappa shape index (κ2) is 4.81. The van der Waals surface area contributed by atoms with Crippen molar-refractivity contribution in [3.8, 4) is 0 Å². The number of halogens is 1. The van der Waals surface area contributed by atoms with Gasteiger partial charge in [0.1, 0.15) is 0 Å². The first-order valence-electron chi connectivity index (χ1n) is 6.04. The van der Waals surface area contributed by atoms with Crippen LogP contribution in [0.15, 0.2) is 22.7 Å². The summed E-state index contributed by atoms with van der Waals surface area (Å²) >= 11 is 3.47. The molecule has 1 saturated carbocycles. The summed E-state index contributed by atoms with van der Waals surface area (Å²) in [5.41, 5.74) is 1.91. The standard InChI is InChI=1S/C14H18BrNO/c1-9-4-5-12(8-13(9)15)14(17)16(3)10(2)11-6-7-11/h4-5,8,10-11H,6-7H2,1-3H3. The molecular weight excluding hydrogens is 278 g/mol. The van der Waals surface area contributed by atoms with Crippen molar-refractivity contribution in [3.63, 3.8) is 0 Å². The van der Waals surface area contributed by atoms with Crippen LogP contribution in [0, 0.1) is 12.8 Å². The van der Waals surface area contributed by atoms with E-state index in [9.17, 15) is 4.79 Å². The molecule has 1 fully saturated rings. The molecule has 0 radical (unpaired) electrons. The van der Waals surface area contributed by atoms with Gasteiger partial charge in [0.25, 0.3) is 5.91 Å². The van der Waals surface area contributed by atoms with E-state index in [1.165, 1.54) is 12.8 Å². The van der Waals surface area contributed by atoms with Crippen LogP contribution in [-0.2, 0) is 0 Å². The van der Waals surface area contributed by atoms with Crippen molar-refractivity contribution in [2.75, 3.05) is 7.05 Å². The van der Waals surface area contributed by atoms with E-state index in [-0.39, 0.29) is 5.91 Å². The molecule has 1 aliphatic carbocycles. The summed E-state index contributed by atoms with van der Waals surface area (Å²) in [6.07, 6.45) is 2.52. The summed E-state index contributed by atoms with van der Waals surface area (Å²) in [6, 6.07) is 6.14. The van der Waals surface area contributed by atoms with Gasteiger partial charge in [-0.25, -0.2) is 0 Å². The molecule has 0 N–H and O–H groups in total. The lowest BCUT2D eigenvalue weighted by molar-refractivity contribution is 0.0727. The van der Waals surface area contributed by atoms with Gasteiger partial charge in [0.15, 0.2) is 0 Å². The number of hydrogen-bond acceptors (Lipinski definition) is 1. The van der Waals surface area contributed by atoms with Crippen LogP contribution >= 0.6 is 15.9 Å². The van der Waals surface area contributed by atoms with Crippen LogP contribution < -0.4 is 0 Å². The van der Waals surface area contributed by atoms with Gasteiger partial charge in [-0.3, -0.25) is 4.79 Å². The molecule has 2 rings (SSSR count). The fraction of sp³-hybridized carbons (Fsp3) is 0.500. The molecule has 0 bridgehead atoms. The lowest BCUT2D eigenvalue weighted by atomic mass is 10.1. The van der Waals surface area contributed by atoms with Gasteiger partial charge in [0, 0.05) is 23.1 Å². The predicted molar refractivity (Wildman–Crippen MR) is 73.2 cm³/mol. The van der Waals surface area contributed by atoms with Gasteiger partial charge in [-0.05, 0) is 50.3 Å². The summed E-state index contributed by atoms with van der Waals surface area (Å²) in [5, 5.41) is 0. The highest BCUT2D eigenvalue weighted by molar-refractivity contribution is 9.10. The number of hydrogen-bond donors (Lipinski definition) is 0. The first-order valence-corrected chi connectivity index (χ1v) is 6.83. The zero-order valence-electron chi connectivity index (χ0n) is 10.5. The maximum absolute atomic E-state index is 12.3. The van der Waals surface area contributed by atoms with Gasteiger partial charge in [0.05, 0.1) is 0 Å². The van der Waals surface area contributed by atoms with Gasteiger partial charge < -0.3 is 4.90 Å². The Hall–Kier alpha value is -0.830. The van der Waals surface area contributed by atoms with Crippen LogP contribution in [0.5, 0.6) is 0 Å². The Kier molecular flexibility index (Phi) is 3.57. The van der Waals surface area contributed by atoms with E-state index in [2.05, 4.69) is 22.9 Å². The average molecular weight is 296 g/mol. The summed E-state index contributed by atoms with van der Waals surface area (Å²) < 4.78 is 0.996. The molecule has 17 heavy (non-hydrogen) atoms. The van der Waals surface area contributed by atoms with Crippen LogP contribution in [0.1, 0.15) is 35.7 Å². The van der Waals surface area contributed by atoms with Crippen LogP contribution in [0.2, 0.25) is 0 Å². The fourth-order valence-electron chi connectivity index (χ4n) is 2.01. The third kappa shape index (κ3) is 2.71. The summed E-state index contributed by atoms with van der Waals surface area (Å²) in [7, 11) is 1.90. The maximum atomic E-state index is 12.3. The lowest BCUT2D eigenvalue weighted by Gasteiger charge is -2.25. The minimum absolute atomic E-state index is 0.116. The van der Waals surface area contributed by atoms with Gasteiger partial charge >= 0.3 is 0 Å². The normalized spacial score (nSPS) is 16.7. The van der Waals surface area contributed by atoms with Crippen molar-refractivity contribution >= 4 is 21.8 Å². The monoisotopic (exact) mass is 295 g/mol. The molecule has 92 valence electrons. The molecule has 0 aliphatic heterocycles. The van der Waals surface area contributed by atoms with Crippen LogP contribution in [0.3, 0.4) is 0 Å².